The normalized spacial score (nSPS) is 26.2. The average Bonchev–Trinajstić information content (AvgIpc) is 3.23. The van der Waals surface area contributed by atoms with Gasteiger partial charge in [0.1, 0.15) is 29.6 Å². The van der Waals surface area contributed by atoms with Crippen LogP contribution in [0.5, 0.6) is 5.75 Å². The third-order valence-corrected chi connectivity index (χ3v) is 7.17. The molecule has 10 nitrogen and oxygen atoms in total. The van der Waals surface area contributed by atoms with Crippen molar-refractivity contribution in [3.63, 3.8) is 0 Å². The van der Waals surface area contributed by atoms with Gasteiger partial charge in [0.2, 0.25) is 0 Å². The lowest BCUT2D eigenvalue weighted by atomic mass is 9.83. The number of fused-ring (bicyclic) bond motifs is 1. The van der Waals surface area contributed by atoms with Crippen LogP contribution >= 0.6 is 23.2 Å². The van der Waals surface area contributed by atoms with Crippen LogP contribution in [0.25, 0.3) is 10.9 Å². The maximum Gasteiger partial charge on any atom is 0.254 e. The van der Waals surface area contributed by atoms with Gasteiger partial charge in [0.05, 0.1) is 41.4 Å². The van der Waals surface area contributed by atoms with Gasteiger partial charge in [-0.25, -0.2) is 0 Å². The number of aromatic nitrogens is 1. The number of halogens is 2. The van der Waals surface area contributed by atoms with Crippen molar-refractivity contribution in [3.05, 3.63) is 63.8 Å². The maximum atomic E-state index is 13.4. The highest BCUT2D eigenvalue weighted by atomic mass is 35.5. The Morgan fingerprint density at radius 3 is 2.53 bits per heavy atom. The second-order valence-electron chi connectivity index (χ2n) is 8.60. The van der Waals surface area contributed by atoms with Gasteiger partial charge >= 0.3 is 0 Å². The quantitative estimate of drug-likeness (QED) is 0.258. The topological polar surface area (TPSA) is 154 Å². The predicted octanol–water partition coefficient (Wildman–Crippen LogP) is 0.897. The van der Waals surface area contributed by atoms with Crippen LogP contribution in [0, 0.1) is 0 Å². The third kappa shape index (κ3) is 4.67. The molecular formula is C24H26Cl2N2O8. The lowest BCUT2D eigenvalue weighted by Gasteiger charge is -2.48. The number of aliphatic hydroxyl groups excluding tert-OH is 5. The van der Waals surface area contributed by atoms with Crippen molar-refractivity contribution >= 4 is 40.0 Å². The van der Waals surface area contributed by atoms with Gasteiger partial charge in [-0.1, -0.05) is 29.3 Å². The van der Waals surface area contributed by atoms with Crippen molar-refractivity contribution < 1.29 is 39.8 Å². The summed E-state index contributed by atoms with van der Waals surface area (Å²) in [6.07, 6.45) is -5.15. The number of benzene rings is 2. The molecule has 2 heterocycles. The summed E-state index contributed by atoms with van der Waals surface area (Å²) in [6.45, 7) is -1.31. The zero-order chi connectivity index (χ0) is 26.2. The summed E-state index contributed by atoms with van der Waals surface area (Å²) >= 11 is 12.2. The van der Waals surface area contributed by atoms with Crippen LogP contribution in [0.3, 0.4) is 0 Å². The third-order valence-electron chi connectivity index (χ3n) is 6.44. The van der Waals surface area contributed by atoms with Crippen LogP contribution in [-0.4, -0.2) is 86.5 Å². The number of ether oxygens (including phenoxy) is 2. The number of methoxy groups -OCH3 is 1. The fraction of sp³-hybridized carbons (Fsp3) is 0.375. The summed E-state index contributed by atoms with van der Waals surface area (Å²) in [6, 6.07) is 10.3. The summed E-state index contributed by atoms with van der Waals surface area (Å²) in [4.78, 5) is 13.4. The van der Waals surface area contributed by atoms with Gasteiger partial charge in [0.25, 0.3) is 5.91 Å². The first-order chi connectivity index (χ1) is 17.1. The SMILES string of the molecule is COc1ccc2c(C(=O)N[C@@]3(CO)C(O)O[C@H](CO)[C@@H](O)[C@@H]3O)cn(Cc3ccc(Cl)c(Cl)c3)c2c1. The van der Waals surface area contributed by atoms with E-state index < -0.39 is 49.3 Å². The lowest BCUT2D eigenvalue weighted by Crippen LogP contribution is -2.74. The number of nitrogens with one attached hydrogen (secondary N) is 1. The molecule has 2 aromatic carbocycles. The van der Waals surface area contributed by atoms with Gasteiger partial charge in [-0.2, -0.15) is 0 Å². The Morgan fingerprint density at radius 2 is 1.89 bits per heavy atom. The Balaban J connectivity index is 1.73. The highest BCUT2D eigenvalue weighted by Crippen LogP contribution is 2.32. The van der Waals surface area contributed by atoms with Gasteiger partial charge in [-0.05, 0) is 29.8 Å². The van der Waals surface area contributed by atoms with E-state index >= 15 is 0 Å². The maximum absolute atomic E-state index is 13.4. The molecule has 1 fully saturated rings. The molecule has 1 amide bonds. The van der Waals surface area contributed by atoms with E-state index in [1.54, 1.807) is 47.2 Å². The van der Waals surface area contributed by atoms with E-state index in [0.717, 1.165) is 5.56 Å². The number of amides is 1. The van der Waals surface area contributed by atoms with Crippen molar-refractivity contribution in [1.82, 2.24) is 9.88 Å². The zero-order valence-corrected chi connectivity index (χ0v) is 20.6. The number of nitrogens with zero attached hydrogens (tertiary/aromatic N) is 1. The first-order valence-corrected chi connectivity index (χ1v) is 11.8. The van der Waals surface area contributed by atoms with E-state index in [4.69, 9.17) is 32.7 Å². The van der Waals surface area contributed by atoms with Gasteiger partial charge < -0.3 is 44.9 Å². The molecule has 6 N–H and O–H groups in total. The number of carbonyl (C=O) groups is 1. The molecule has 1 aromatic heterocycles. The highest BCUT2D eigenvalue weighted by Gasteiger charge is 2.56. The standard InChI is InChI=1S/C24H26Cl2N2O8/c1-35-13-3-4-14-15(9-28(18(14)7-13)8-12-2-5-16(25)17(26)6-12)22(33)27-24(11-30)21(32)20(31)19(10-29)36-23(24)34/h2-7,9,19-21,23,29-32,34H,8,10-11H2,1H3,(H,27,33)/t19-,20-,21+,23?,24-/m1/s1. The summed E-state index contributed by atoms with van der Waals surface area (Å²) in [7, 11) is 1.52. The molecule has 1 unspecified atom stereocenters. The number of carbonyl (C=O) groups excluding carboxylic acids is 1. The van der Waals surface area contributed by atoms with Crippen molar-refractivity contribution in [3.8, 4) is 5.75 Å². The Labute approximate surface area is 216 Å². The van der Waals surface area contributed by atoms with Gasteiger partial charge in [-0.15, -0.1) is 0 Å². The average molecular weight is 541 g/mol. The van der Waals surface area contributed by atoms with Crippen LogP contribution in [0.4, 0.5) is 0 Å². The van der Waals surface area contributed by atoms with Crippen molar-refractivity contribution in [2.45, 2.75) is 36.7 Å². The molecule has 0 bridgehead atoms. The van der Waals surface area contributed by atoms with E-state index in [2.05, 4.69) is 5.32 Å². The van der Waals surface area contributed by atoms with Crippen molar-refractivity contribution in [2.75, 3.05) is 20.3 Å². The smallest absolute Gasteiger partial charge is 0.254 e. The number of rotatable bonds is 7. The Bertz CT molecular complexity index is 1270. The molecule has 4 rings (SSSR count). The Hall–Kier alpha value is -2.41. The van der Waals surface area contributed by atoms with Crippen LogP contribution in [0.15, 0.2) is 42.6 Å². The second kappa shape index (κ2) is 10.5. The molecule has 36 heavy (non-hydrogen) atoms. The van der Waals surface area contributed by atoms with E-state index in [0.29, 0.717) is 33.2 Å². The highest BCUT2D eigenvalue weighted by molar-refractivity contribution is 6.42. The summed E-state index contributed by atoms with van der Waals surface area (Å²) in [5, 5.41) is 54.6. The Kier molecular flexibility index (Phi) is 7.79. The summed E-state index contributed by atoms with van der Waals surface area (Å²) < 4.78 is 12.3. The molecule has 1 saturated heterocycles. The molecule has 0 radical (unpaired) electrons. The lowest BCUT2D eigenvalue weighted by molar-refractivity contribution is -0.288. The summed E-state index contributed by atoms with van der Waals surface area (Å²) in [5.41, 5.74) is -0.524. The number of aliphatic hydroxyl groups is 5. The molecule has 12 heteroatoms. The fourth-order valence-corrected chi connectivity index (χ4v) is 4.66. The van der Waals surface area contributed by atoms with Gasteiger partial charge in [0.15, 0.2) is 6.29 Å². The van der Waals surface area contributed by atoms with Gasteiger partial charge in [0, 0.05) is 24.2 Å². The largest absolute Gasteiger partial charge is 0.497 e. The minimum absolute atomic E-state index is 0.165. The molecule has 194 valence electrons. The second-order valence-corrected chi connectivity index (χ2v) is 9.41. The van der Waals surface area contributed by atoms with E-state index in [-0.39, 0.29) is 5.56 Å². The minimum Gasteiger partial charge on any atom is -0.497 e. The van der Waals surface area contributed by atoms with Crippen LogP contribution in [0.1, 0.15) is 15.9 Å². The monoisotopic (exact) mass is 540 g/mol. The summed E-state index contributed by atoms with van der Waals surface area (Å²) in [5.74, 6) is -0.192. The van der Waals surface area contributed by atoms with Crippen LogP contribution in [0.2, 0.25) is 10.0 Å². The predicted molar refractivity (Wildman–Crippen MR) is 131 cm³/mol. The molecule has 5 atom stereocenters. The molecule has 3 aromatic rings. The molecule has 0 saturated carbocycles. The molecule has 0 aliphatic carbocycles. The number of hydrogen-bond donors (Lipinski definition) is 6. The molecule has 1 aliphatic rings. The zero-order valence-electron chi connectivity index (χ0n) is 19.1. The molecular weight excluding hydrogens is 515 g/mol. The Morgan fingerprint density at radius 1 is 1.14 bits per heavy atom. The number of hydrogen-bond acceptors (Lipinski definition) is 8. The first-order valence-electron chi connectivity index (χ1n) is 11.0. The van der Waals surface area contributed by atoms with Gasteiger partial charge in [-0.3, -0.25) is 4.79 Å². The van der Waals surface area contributed by atoms with E-state index in [9.17, 15) is 30.3 Å². The van der Waals surface area contributed by atoms with E-state index in [1.807, 2.05) is 0 Å². The van der Waals surface area contributed by atoms with Crippen LogP contribution in [-0.2, 0) is 11.3 Å². The van der Waals surface area contributed by atoms with Crippen LogP contribution < -0.4 is 10.1 Å². The first kappa shape index (κ1) is 26.6. The minimum atomic E-state index is -2.15. The van der Waals surface area contributed by atoms with E-state index in [1.165, 1.54) is 7.11 Å². The fourth-order valence-electron chi connectivity index (χ4n) is 4.34. The van der Waals surface area contributed by atoms with Crippen molar-refractivity contribution in [1.29, 1.82) is 0 Å². The molecule has 0 spiro atoms. The molecule has 1 aliphatic heterocycles. The van der Waals surface area contributed by atoms with Crippen molar-refractivity contribution in [2.24, 2.45) is 0 Å².